The fraction of sp³-hybridized carbons (Fsp3) is 0.625. The molecule has 0 aromatic carbocycles. The molecular formula is C16H27N5O9. The first-order chi connectivity index (χ1) is 13.9. The summed E-state index contributed by atoms with van der Waals surface area (Å²) in [6.45, 7) is 0.672. The molecule has 30 heavy (non-hydrogen) atoms. The molecule has 0 heterocycles. The van der Waals surface area contributed by atoms with Gasteiger partial charge in [-0.05, 0) is 19.8 Å². The van der Waals surface area contributed by atoms with E-state index in [1.54, 1.807) is 0 Å². The molecule has 14 heteroatoms. The van der Waals surface area contributed by atoms with Crippen LogP contribution in [0.15, 0.2) is 0 Å². The molecular weight excluding hydrogens is 406 g/mol. The quantitative estimate of drug-likeness (QED) is 0.132. The summed E-state index contributed by atoms with van der Waals surface area (Å²) in [6, 6.07) is -4.51. The molecule has 170 valence electrons. The molecule has 4 atom stereocenters. The minimum absolute atomic E-state index is 0.315. The second-order valence-electron chi connectivity index (χ2n) is 6.39. The predicted molar refractivity (Wildman–Crippen MR) is 99.5 cm³/mol. The molecule has 0 spiro atoms. The van der Waals surface area contributed by atoms with Crippen LogP contribution in [0.25, 0.3) is 0 Å². The summed E-state index contributed by atoms with van der Waals surface area (Å²) < 4.78 is 0. The molecule has 0 fully saturated rings. The smallest absolute Gasteiger partial charge is 0.326 e. The van der Waals surface area contributed by atoms with Gasteiger partial charge >= 0.3 is 11.9 Å². The number of rotatable bonds is 14. The zero-order valence-corrected chi connectivity index (χ0v) is 16.3. The van der Waals surface area contributed by atoms with E-state index < -0.39 is 72.8 Å². The van der Waals surface area contributed by atoms with Crippen LogP contribution in [-0.2, 0) is 28.8 Å². The maximum atomic E-state index is 12.4. The maximum absolute atomic E-state index is 12.4. The molecule has 0 rings (SSSR count). The number of carboxylic acid groups (broad SMARTS) is 2. The van der Waals surface area contributed by atoms with Crippen LogP contribution in [0.1, 0.15) is 32.6 Å². The van der Waals surface area contributed by atoms with Crippen molar-refractivity contribution in [1.29, 1.82) is 0 Å². The normalized spacial score (nSPS) is 14.5. The van der Waals surface area contributed by atoms with Crippen molar-refractivity contribution in [3.63, 3.8) is 0 Å². The van der Waals surface area contributed by atoms with E-state index in [0.717, 1.165) is 6.92 Å². The van der Waals surface area contributed by atoms with Gasteiger partial charge in [-0.25, -0.2) is 4.79 Å². The standard InChI is InChI=1S/C16H27N5O9/c1-7(22)13(15(28)20-9(16(29)30)2-4-10(18)23)21-14(27)8(3-5-12(25)26)19-11(24)6-17/h7-9,13,22H,2-6,17H2,1H3,(H2,18,23)(H,19,24)(H,20,28)(H,21,27)(H,25,26)(H,29,30). The Bertz CT molecular complexity index is 667. The summed E-state index contributed by atoms with van der Waals surface area (Å²) >= 11 is 0. The number of nitrogens with one attached hydrogen (secondary N) is 3. The van der Waals surface area contributed by atoms with Crippen molar-refractivity contribution in [1.82, 2.24) is 16.0 Å². The monoisotopic (exact) mass is 433 g/mol. The Morgan fingerprint density at radius 2 is 1.43 bits per heavy atom. The maximum Gasteiger partial charge on any atom is 0.326 e. The number of carbonyl (C=O) groups excluding carboxylic acids is 4. The van der Waals surface area contributed by atoms with Gasteiger partial charge in [-0.1, -0.05) is 0 Å². The summed E-state index contributed by atoms with van der Waals surface area (Å²) in [4.78, 5) is 69.1. The topological polar surface area (TPSA) is 251 Å². The molecule has 0 aliphatic heterocycles. The van der Waals surface area contributed by atoms with Gasteiger partial charge in [0.1, 0.15) is 18.1 Å². The van der Waals surface area contributed by atoms with Crippen LogP contribution in [0.2, 0.25) is 0 Å². The van der Waals surface area contributed by atoms with Crippen LogP contribution in [0, 0.1) is 0 Å². The molecule has 0 radical (unpaired) electrons. The van der Waals surface area contributed by atoms with E-state index >= 15 is 0 Å². The van der Waals surface area contributed by atoms with Crippen LogP contribution >= 0.6 is 0 Å². The Morgan fingerprint density at radius 3 is 1.87 bits per heavy atom. The van der Waals surface area contributed by atoms with E-state index in [1.165, 1.54) is 0 Å². The van der Waals surface area contributed by atoms with Crippen molar-refractivity contribution < 1.29 is 44.1 Å². The van der Waals surface area contributed by atoms with Gasteiger partial charge in [0.25, 0.3) is 0 Å². The van der Waals surface area contributed by atoms with Crippen molar-refractivity contribution in [3.8, 4) is 0 Å². The van der Waals surface area contributed by atoms with Gasteiger partial charge in [-0.3, -0.25) is 24.0 Å². The third kappa shape index (κ3) is 10.3. The van der Waals surface area contributed by atoms with Crippen molar-refractivity contribution in [3.05, 3.63) is 0 Å². The third-order valence-corrected chi connectivity index (χ3v) is 3.84. The SMILES string of the molecule is CC(O)C(NC(=O)C(CCC(=O)O)NC(=O)CN)C(=O)NC(CCC(N)=O)C(=O)O. The van der Waals surface area contributed by atoms with E-state index in [2.05, 4.69) is 16.0 Å². The number of hydrogen-bond donors (Lipinski definition) is 8. The molecule has 0 bridgehead atoms. The molecule has 4 amide bonds. The third-order valence-electron chi connectivity index (χ3n) is 3.84. The number of primary amides is 1. The first kappa shape index (κ1) is 26.7. The predicted octanol–water partition coefficient (Wildman–Crippen LogP) is -4.00. The second kappa shape index (κ2) is 13.1. The Balaban J connectivity index is 5.30. The van der Waals surface area contributed by atoms with Crippen LogP contribution < -0.4 is 27.4 Å². The number of nitrogens with two attached hydrogens (primary N) is 2. The van der Waals surface area contributed by atoms with E-state index in [4.69, 9.17) is 21.7 Å². The van der Waals surface area contributed by atoms with Gasteiger partial charge in [0.05, 0.1) is 12.6 Å². The number of carbonyl (C=O) groups is 6. The van der Waals surface area contributed by atoms with E-state index in [9.17, 15) is 33.9 Å². The van der Waals surface area contributed by atoms with E-state index in [0.29, 0.717) is 0 Å². The van der Waals surface area contributed by atoms with Gasteiger partial charge in [-0.2, -0.15) is 0 Å². The van der Waals surface area contributed by atoms with Gasteiger partial charge < -0.3 is 42.7 Å². The first-order valence-corrected chi connectivity index (χ1v) is 8.90. The molecule has 4 unspecified atom stereocenters. The van der Waals surface area contributed by atoms with Gasteiger partial charge in [0.15, 0.2) is 0 Å². The molecule has 14 nitrogen and oxygen atoms in total. The van der Waals surface area contributed by atoms with E-state index in [1.807, 2.05) is 0 Å². The number of hydrogen-bond acceptors (Lipinski definition) is 8. The summed E-state index contributed by atoms with van der Waals surface area (Å²) in [5.41, 5.74) is 10.1. The zero-order valence-electron chi connectivity index (χ0n) is 16.3. The Hall–Kier alpha value is -3.26. The number of aliphatic carboxylic acids is 2. The highest BCUT2D eigenvalue weighted by atomic mass is 16.4. The lowest BCUT2D eigenvalue weighted by atomic mass is 10.1. The molecule has 0 aromatic heterocycles. The van der Waals surface area contributed by atoms with Crippen LogP contribution in [0.3, 0.4) is 0 Å². The van der Waals surface area contributed by atoms with Crippen molar-refractivity contribution in [2.75, 3.05) is 6.54 Å². The second-order valence-corrected chi connectivity index (χ2v) is 6.39. The minimum Gasteiger partial charge on any atom is -0.481 e. The molecule has 0 aromatic rings. The molecule has 10 N–H and O–H groups in total. The zero-order chi connectivity index (χ0) is 23.4. The van der Waals surface area contributed by atoms with Crippen LogP contribution in [0.5, 0.6) is 0 Å². The van der Waals surface area contributed by atoms with Gasteiger partial charge in [-0.15, -0.1) is 0 Å². The van der Waals surface area contributed by atoms with Gasteiger partial charge in [0, 0.05) is 12.8 Å². The number of aliphatic hydroxyl groups is 1. The van der Waals surface area contributed by atoms with Crippen molar-refractivity contribution in [2.24, 2.45) is 11.5 Å². The van der Waals surface area contributed by atoms with Crippen molar-refractivity contribution >= 4 is 35.6 Å². The number of amides is 4. The molecule has 0 saturated carbocycles. The molecule has 0 aliphatic carbocycles. The molecule has 0 saturated heterocycles. The summed E-state index contributed by atoms with van der Waals surface area (Å²) in [5.74, 6) is -6.29. The summed E-state index contributed by atoms with van der Waals surface area (Å²) in [6.07, 6.45) is -2.93. The lowest BCUT2D eigenvalue weighted by Crippen LogP contribution is -2.59. The highest BCUT2D eigenvalue weighted by Crippen LogP contribution is 2.04. The molecule has 0 aliphatic rings. The van der Waals surface area contributed by atoms with Gasteiger partial charge in [0.2, 0.25) is 23.6 Å². The lowest BCUT2D eigenvalue weighted by Gasteiger charge is -2.25. The summed E-state index contributed by atoms with van der Waals surface area (Å²) in [7, 11) is 0. The Labute approximate surface area is 171 Å². The Morgan fingerprint density at radius 1 is 0.867 bits per heavy atom. The highest BCUT2D eigenvalue weighted by Gasteiger charge is 2.32. The fourth-order valence-corrected chi connectivity index (χ4v) is 2.25. The van der Waals surface area contributed by atoms with Crippen LogP contribution in [-0.4, -0.2) is 81.7 Å². The number of carboxylic acids is 2. The minimum atomic E-state index is -1.63. The average molecular weight is 433 g/mol. The first-order valence-electron chi connectivity index (χ1n) is 8.90. The summed E-state index contributed by atoms with van der Waals surface area (Å²) in [5, 5.41) is 34.2. The largest absolute Gasteiger partial charge is 0.481 e. The van der Waals surface area contributed by atoms with E-state index in [-0.39, 0.29) is 19.3 Å². The van der Waals surface area contributed by atoms with Crippen molar-refractivity contribution in [2.45, 2.75) is 56.8 Å². The lowest BCUT2D eigenvalue weighted by molar-refractivity contribution is -0.143. The average Bonchev–Trinajstić information content (AvgIpc) is 2.64. The highest BCUT2D eigenvalue weighted by molar-refractivity contribution is 5.94. The number of aliphatic hydroxyl groups excluding tert-OH is 1. The van der Waals surface area contributed by atoms with Crippen LogP contribution in [0.4, 0.5) is 0 Å². The Kier molecular flexibility index (Phi) is 11.6. The fourth-order valence-electron chi connectivity index (χ4n) is 2.25.